The molecule has 0 spiro atoms. The van der Waals surface area contributed by atoms with Crippen molar-refractivity contribution in [2.45, 2.75) is 19.4 Å². The van der Waals surface area contributed by atoms with Crippen LogP contribution in [0.5, 0.6) is 0 Å². The van der Waals surface area contributed by atoms with E-state index < -0.39 is 41.6 Å². The molecule has 0 aliphatic carbocycles. The molecule has 140 valence electrons. The number of urea groups is 1. The lowest BCUT2D eigenvalue weighted by atomic mass is 9.91. The van der Waals surface area contributed by atoms with E-state index in [4.69, 9.17) is 0 Å². The van der Waals surface area contributed by atoms with E-state index in [0.717, 1.165) is 22.6 Å². The first kappa shape index (κ1) is 18.5. The molecule has 27 heavy (non-hydrogen) atoms. The summed E-state index contributed by atoms with van der Waals surface area (Å²) in [5.74, 6) is -3.44. The maximum atomic E-state index is 13.2. The molecule has 2 N–H and O–H groups in total. The SMILES string of the molecule is Cc1ccc(C2(C)NC(=O)N(CC(=O)Nc3ccc(F)c(F)c3)C2=O)cc1. The van der Waals surface area contributed by atoms with Crippen molar-refractivity contribution in [3.05, 3.63) is 65.2 Å². The van der Waals surface area contributed by atoms with Crippen molar-refractivity contribution in [3.63, 3.8) is 0 Å². The van der Waals surface area contributed by atoms with E-state index in [1.807, 2.05) is 19.1 Å². The van der Waals surface area contributed by atoms with Crippen LogP contribution in [0.3, 0.4) is 0 Å². The van der Waals surface area contributed by atoms with E-state index in [2.05, 4.69) is 10.6 Å². The third-order valence-electron chi connectivity index (χ3n) is 4.41. The van der Waals surface area contributed by atoms with Crippen LogP contribution in [0.1, 0.15) is 18.1 Å². The van der Waals surface area contributed by atoms with Gasteiger partial charge in [-0.15, -0.1) is 0 Å². The van der Waals surface area contributed by atoms with Crippen LogP contribution in [0.15, 0.2) is 42.5 Å². The number of carbonyl (C=O) groups is 3. The summed E-state index contributed by atoms with van der Waals surface area (Å²) in [5.41, 5.74) is 0.330. The third kappa shape index (κ3) is 3.51. The van der Waals surface area contributed by atoms with Crippen LogP contribution in [0.4, 0.5) is 19.3 Å². The van der Waals surface area contributed by atoms with Crippen LogP contribution >= 0.6 is 0 Å². The molecule has 8 heteroatoms. The van der Waals surface area contributed by atoms with Gasteiger partial charge < -0.3 is 10.6 Å². The smallest absolute Gasteiger partial charge is 0.324 e. The van der Waals surface area contributed by atoms with Gasteiger partial charge in [-0.1, -0.05) is 29.8 Å². The molecule has 6 nitrogen and oxygen atoms in total. The van der Waals surface area contributed by atoms with Gasteiger partial charge in [-0.25, -0.2) is 13.6 Å². The predicted molar refractivity (Wildman–Crippen MR) is 93.8 cm³/mol. The fourth-order valence-electron chi connectivity index (χ4n) is 2.84. The fourth-order valence-corrected chi connectivity index (χ4v) is 2.84. The lowest BCUT2D eigenvalue weighted by molar-refractivity contribution is -0.133. The number of hydrogen-bond donors (Lipinski definition) is 2. The van der Waals surface area contributed by atoms with Gasteiger partial charge in [0, 0.05) is 11.8 Å². The normalized spacial score (nSPS) is 19.2. The summed E-state index contributed by atoms with van der Waals surface area (Å²) < 4.78 is 26.2. The Balaban J connectivity index is 1.74. The second-order valence-corrected chi connectivity index (χ2v) is 6.49. The fraction of sp³-hybridized carbons (Fsp3) is 0.211. The van der Waals surface area contributed by atoms with Crippen molar-refractivity contribution in [2.24, 2.45) is 0 Å². The average Bonchev–Trinajstić information content (AvgIpc) is 2.83. The summed E-state index contributed by atoms with van der Waals surface area (Å²) in [6.07, 6.45) is 0. The highest BCUT2D eigenvalue weighted by atomic mass is 19.2. The molecule has 2 aromatic carbocycles. The van der Waals surface area contributed by atoms with Gasteiger partial charge in [-0.2, -0.15) is 0 Å². The van der Waals surface area contributed by atoms with E-state index in [-0.39, 0.29) is 5.69 Å². The predicted octanol–water partition coefficient (Wildman–Crippen LogP) is 2.68. The summed E-state index contributed by atoms with van der Waals surface area (Å²) in [5, 5.41) is 4.93. The van der Waals surface area contributed by atoms with Gasteiger partial charge in [0.2, 0.25) is 5.91 Å². The highest BCUT2D eigenvalue weighted by Gasteiger charge is 2.49. The Hall–Kier alpha value is -3.29. The van der Waals surface area contributed by atoms with Crippen LogP contribution in [0.25, 0.3) is 0 Å². The second-order valence-electron chi connectivity index (χ2n) is 6.49. The van der Waals surface area contributed by atoms with Crippen molar-refractivity contribution < 1.29 is 23.2 Å². The number of amides is 4. The molecule has 3 rings (SSSR count). The molecule has 0 aromatic heterocycles. The number of imide groups is 1. The van der Waals surface area contributed by atoms with Crippen molar-refractivity contribution in [2.75, 3.05) is 11.9 Å². The molecule has 1 unspecified atom stereocenters. The minimum absolute atomic E-state index is 0.0206. The summed E-state index contributed by atoms with van der Waals surface area (Å²) in [6.45, 7) is 2.91. The molecule has 0 radical (unpaired) electrons. The zero-order valence-electron chi connectivity index (χ0n) is 14.7. The maximum absolute atomic E-state index is 13.2. The molecule has 4 amide bonds. The van der Waals surface area contributed by atoms with Gasteiger partial charge in [0.05, 0.1) is 0 Å². The number of aryl methyl sites for hydroxylation is 1. The zero-order chi connectivity index (χ0) is 19.8. The van der Waals surface area contributed by atoms with E-state index in [0.29, 0.717) is 5.56 Å². The maximum Gasteiger partial charge on any atom is 0.325 e. The van der Waals surface area contributed by atoms with Gasteiger partial charge in [-0.05, 0) is 31.5 Å². The van der Waals surface area contributed by atoms with E-state index in [1.54, 1.807) is 19.1 Å². The van der Waals surface area contributed by atoms with Gasteiger partial charge in [0.25, 0.3) is 5.91 Å². The highest BCUT2D eigenvalue weighted by Crippen LogP contribution is 2.29. The first-order valence-electron chi connectivity index (χ1n) is 8.17. The van der Waals surface area contributed by atoms with E-state index >= 15 is 0 Å². The summed E-state index contributed by atoms with van der Waals surface area (Å²) in [4.78, 5) is 37.9. The molecule has 1 heterocycles. The minimum atomic E-state index is -1.28. The number of halogens is 2. The number of nitrogens with one attached hydrogen (secondary N) is 2. The number of nitrogens with zero attached hydrogens (tertiary/aromatic N) is 1. The monoisotopic (exact) mass is 373 g/mol. The van der Waals surface area contributed by atoms with Gasteiger partial charge in [-0.3, -0.25) is 14.5 Å². The Labute approximate surface area is 154 Å². The molecule has 2 aromatic rings. The van der Waals surface area contributed by atoms with E-state index in [9.17, 15) is 23.2 Å². The van der Waals surface area contributed by atoms with Crippen molar-refractivity contribution in [3.8, 4) is 0 Å². The van der Waals surface area contributed by atoms with Crippen LogP contribution < -0.4 is 10.6 Å². The van der Waals surface area contributed by atoms with Crippen LogP contribution in [0.2, 0.25) is 0 Å². The largest absolute Gasteiger partial charge is 0.325 e. The van der Waals surface area contributed by atoms with Gasteiger partial charge in [0.15, 0.2) is 11.6 Å². The quantitative estimate of drug-likeness (QED) is 0.809. The Bertz CT molecular complexity index is 930. The standard InChI is InChI=1S/C19H17F2N3O3/c1-11-3-5-12(6-4-11)19(2)17(26)24(18(27)23-19)10-16(25)22-13-7-8-14(20)15(21)9-13/h3-9H,10H2,1-2H3,(H,22,25)(H,23,27). The molecule has 1 atom stereocenters. The molecular formula is C19H17F2N3O3. The molecular weight excluding hydrogens is 356 g/mol. The molecule has 0 saturated carbocycles. The van der Waals surface area contributed by atoms with E-state index in [1.165, 1.54) is 6.07 Å². The van der Waals surface area contributed by atoms with Crippen LogP contribution in [-0.4, -0.2) is 29.3 Å². The number of benzene rings is 2. The Morgan fingerprint density at radius 2 is 1.78 bits per heavy atom. The summed E-state index contributed by atoms with van der Waals surface area (Å²) >= 11 is 0. The summed E-state index contributed by atoms with van der Waals surface area (Å²) in [7, 11) is 0. The summed E-state index contributed by atoms with van der Waals surface area (Å²) in [6, 6.07) is 9.26. The second kappa shape index (κ2) is 6.79. The lowest BCUT2D eigenvalue weighted by Crippen LogP contribution is -2.42. The molecule has 1 saturated heterocycles. The number of anilines is 1. The molecule has 1 fully saturated rings. The first-order chi connectivity index (χ1) is 12.7. The minimum Gasteiger partial charge on any atom is -0.324 e. The molecule has 0 bridgehead atoms. The first-order valence-corrected chi connectivity index (χ1v) is 8.17. The Morgan fingerprint density at radius 3 is 2.41 bits per heavy atom. The van der Waals surface area contributed by atoms with Crippen LogP contribution in [0, 0.1) is 18.6 Å². The number of rotatable bonds is 4. The number of hydrogen-bond acceptors (Lipinski definition) is 3. The Morgan fingerprint density at radius 1 is 1.11 bits per heavy atom. The topological polar surface area (TPSA) is 78.5 Å². The highest BCUT2D eigenvalue weighted by molar-refractivity contribution is 6.10. The van der Waals surface area contributed by atoms with Crippen molar-refractivity contribution in [1.29, 1.82) is 0 Å². The van der Waals surface area contributed by atoms with Crippen LogP contribution in [-0.2, 0) is 15.1 Å². The lowest BCUT2D eigenvalue weighted by Gasteiger charge is -2.22. The third-order valence-corrected chi connectivity index (χ3v) is 4.41. The Kier molecular flexibility index (Phi) is 4.65. The number of carbonyl (C=O) groups excluding carboxylic acids is 3. The van der Waals surface area contributed by atoms with Gasteiger partial charge in [0.1, 0.15) is 12.1 Å². The molecule has 1 aliphatic rings. The van der Waals surface area contributed by atoms with Gasteiger partial charge >= 0.3 is 6.03 Å². The zero-order valence-corrected chi connectivity index (χ0v) is 14.7. The van der Waals surface area contributed by atoms with Crippen molar-refractivity contribution >= 4 is 23.5 Å². The average molecular weight is 373 g/mol. The van der Waals surface area contributed by atoms with Crippen molar-refractivity contribution in [1.82, 2.24) is 10.2 Å². The molecule has 1 aliphatic heterocycles.